The number of pyridine rings is 1. The molecular weight excluding hydrogens is 336 g/mol. The Morgan fingerprint density at radius 1 is 1.27 bits per heavy atom. The van der Waals surface area contributed by atoms with Crippen LogP contribution in [0.15, 0.2) is 30.3 Å². The molecule has 1 aromatic carbocycles. The molecule has 0 unspecified atom stereocenters. The number of aliphatic carboxylic acids is 1. The zero-order valence-corrected chi connectivity index (χ0v) is 14.5. The van der Waals surface area contributed by atoms with Gasteiger partial charge in [0.25, 0.3) is 5.91 Å². The van der Waals surface area contributed by atoms with Crippen molar-refractivity contribution < 1.29 is 19.4 Å². The fraction of sp³-hybridized carbons (Fsp3) is 0.222. The van der Waals surface area contributed by atoms with E-state index in [4.69, 9.17) is 4.74 Å². The molecule has 3 aromatic rings. The van der Waals surface area contributed by atoms with Crippen molar-refractivity contribution in [2.24, 2.45) is 0 Å². The Kier molecular flexibility index (Phi) is 4.57. The van der Waals surface area contributed by atoms with Crippen molar-refractivity contribution in [3.8, 4) is 5.88 Å². The highest BCUT2D eigenvalue weighted by Gasteiger charge is 2.28. The summed E-state index contributed by atoms with van der Waals surface area (Å²) < 4.78 is 5.15. The van der Waals surface area contributed by atoms with Gasteiger partial charge in [-0.3, -0.25) is 9.89 Å². The molecule has 8 nitrogen and oxygen atoms in total. The average molecular weight is 354 g/mol. The van der Waals surface area contributed by atoms with Gasteiger partial charge in [-0.1, -0.05) is 18.2 Å². The SMILES string of the molecule is COc1cc(C(=O)N[C@@H](C(=O)O)c2c(C)n[nH]c2C)c2ccccc2n1. The maximum atomic E-state index is 12.9. The van der Waals surface area contributed by atoms with E-state index < -0.39 is 17.9 Å². The van der Waals surface area contributed by atoms with Gasteiger partial charge in [0.05, 0.1) is 23.9 Å². The number of aromatic nitrogens is 3. The highest BCUT2D eigenvalue weighted by atomic mass is 16.5. The predicted molar refractivity (Wildman–Crippen MR) is 94.2 cm³/mol. The first kappa shape index (κ1) is 17.4. The minimum atomic E-state index is -1.22. The molecule has 134 valence electrons. The molecular formula is C18H18N4O4. The van der Waals surface area contributed by atoms with Crippen molar-refractivity contribution in [3.63, 3.8) is 0 Å². The molecule has 26 heavy (non-hydrogen) atoms. The molecule has 8 heteroatoms. The second-order valence-electron chi connectivity index (χ2n) is 5.82. The number of H-pyrrole nitrogens is 1. The Balaban J connectivity index is 2.04. The van der Waals surface area contributed by atoms with Gasteiger partial charge in [0.1, 0.15) is 0 Å². The number of amides is 1. The van der Waals surface area contributed by atoms with E-state index in [2.05, 4.69) is 20.5 Å². The quantitative estimate of drug-likeness (QED) is 0.646. The van der Waals surface area contributed by atoms with Crippen LogP contribution in [0.25, 0.3) is 10.9 Å². The molecule has 1 amide bonds. The molecule has 0 spiro atoms. The molecule has 2 heterocycles. The zero-order chi connectivity index (χ0) is 18.8. The van der Waals surface area contributed by atoms with Crippen molar-refractivity contribution in [2.75, 3.05) is 7.11 Å². The maximum Gasteiger partial charge on any atom is 0.331 e. The van der Waals surface area contributed by atoms with Gasteiger partial charge < -0.3 is 15.2 Å². The van der Waals surface area contributed by atoms with Crippen LogP contribution in [-0.4, -0.2) is 39.3 Å². The summed E-state index contributed by atoms with van der Waals surface area (Å²) in [6.07, 6.45) is 0. The van der Waals surface area contributed by atoms with Crippen LogP contribution in [0.4, 0.5) is 0 Å². The van der Waals surface area contributed by atoms with E-state index in [9.17, 15) is 14.7 Å². The first-order valence-corrected chi connectivity index (χ1v) is 7.91. The van der Waals surface area contributed by atoms with Crippen LogP contribution in [-0.2, 0) is 4.79 Å². The Labute approximate surface area is 149 Å². The van der Waals surface area contributed by atoms with Gasteiger partial charge in [-0.15, -0.1) is 0 Å². The van der Waals surface area contributed by atoms with Crippen molar-refractivity contribution in [2.45, 2.75) is 19.9 Å². The van der Waals surface area contributed by atoms with Gasteiger partial charge in [0, 0.05) is 22.7 Å². The number of nitrogens with zero attached hydrogens (tertiary/aromatic N) is 2. The summed E-state index contributed by atoms with van der Waals surface area (Å²) in [6.45, 7) is 3.40. The molecule has 0 saturated carbocycles. The number of rotatable bonds is 5. The van der Waals surface area contributed by atoms with E-state index in [1.807, 2.05) is 0 Å². The lowest BCUT2D eigenvalue weighted by Gasteiger charge is -2.16. The van der Waals surface area contributed by atoms with E-state index in [0.717, 1.165) is 0 Å². The summed E-state index contributed by atoms with van der Waals surface area (Å²) in [4.78, 5) is 28.9. The van der Waals surface area contributed by atoms with E-state index >= 15 is 0 Å². The molecule has 0 radical (unpaired) electrons. The summed E-state index contributed by atoms with van der Waals surface area (Å²) in [5.74, 6) is -1.43. The topological polar surface area (TPSA) is 117 Å². The number of carboxylic acid groups (broad SMARTS) is 1. The Hall–Kier alpha value is -3.42. The summed E-state index contributed by atoms with van der Waals surface area (Å²) in [6, 6.07) is 7.36. The minimum Gasteiger partial charge on any atom is -0.481 e. The van der Waals surface area contributed by atoms with Gasteiger partial charge in [-0.05, 0) is 19.9 Å². The Morgan fingerprint density at radius 3 is 2.62 bits per heavy atom. The van der Waals surface area contributed by atoms with Crippen LogP contribution >= 0.6 is 0 Å². The van der Waals surface area contributed by atoms with Crippen LogP contribution in [0.1, 0.15) is 33.4 Å². The third-order valence-corrected chi connectivity index (χ3v) is 4.14. The van der Waals surface area contributed by atoms with E-state index in [-0.39, 0.29) is 11.4 Å². The number of ether oxygens (including phenoxy) is 1. The number of para-hydroxylation sites is 1. The number of methoxy groups -OCH3 is 1. The number of hydrogen-bond donors (Lipinski definition) is 3. The summed E-state index contributed by atoms with van der Waals surface area (Å²) in [5, 5.41) is 19.5. The van der Waals surface area contributed by atoms with Crippen molar-refractivity contribution >= 4 is 22.8 Å². The number of nitrogens with one attached hydrogen (secondary N) is 2. The van der Waals surface area contributed by atoms with E-state index in [1.54, 1.807) is 38.1 Å². The fourth-order valence-electron chi connectivity index (χ4n) is 2.89. The molecule has 1 atom stereocenters. The monoisotopic (exact) mass is 354 g/mol. The minimum absolute atomic E-state index is 0.274. The molecule has 0 bridgehead atoms. The molecule has 2 aromatic heterocycles. The van der Waals surface area contributed by atoms with E-state index in [0.29, 0.717) is 27.9 Å². The average Bonchev–Trinajstić information content (AvgIpc) is 2.96. The highest BCUT2D eigenvalue weighted by Crippen LogP contribution is 2.24. The molecule has 0 saturated heterocycles. The Morgan fingerprint density at radius 2 is 2.00 bits per heavy atom. The molecule has 3 N–H and O–H groups in total. The van der Waals surface area contributed by atoms with Crippen LogP contribution < -0.4 is 10.1 Å². The third-order valence-electron chi connectivity index (χ3n) is 4.14. The number of carbonyl (C=O) groups excluding carboxylic acids is 1. The number of carbonyl (C=O) groups is 2. The van der Waals surface area contributed by atoms with Crippen molar-refractivity contribution in [1.82, 2.24) is 20.5 Å². The Bertz CT molecular complexity index is 977. The highest BCUT2D eigenvalue weighted by molar-refractivity contribution is 6.07. The van der Waals surface area contributed by atoms with Crippen molar-refractivity contribution in [1.29, 1.82) is 0 Å². The normalized spacial score (nSPS) is 12.0. The van der Waals surface area contributed by atoms with E-state index in [1.165, 1.54) is 13.2 Å². The van der Waals surface area contributed by atoms with Crippen LogP contribution in [0.2, 0.25) is 0 Å². The lowest BCUT2D eigenvalue weighted by atomic mass is 10.0. The molecule has 0 aliphatic rings. The molecule has 0 aliphatic heterocycles. The first-order valence-electron chi connectivity index (χ1n) is 7.91. The van der Waals surface area contributed by atoms with Crippen LogP contribution in [0, 0.1) is 13.8 Å². The lowest BCUT2D eigenvalue weighted by Crippen LogP contribution is -2.34. The fourth-order valence-corrected chi connectivity index (χ4v) is 2.89. The number of fused-ring (bicyclic) bond motifs is 1. The van der Waals surface area contributed by atoms with Crippen molar-refractivity contribution in [3.05, 3.63) is 52.8 Å². The summed E-state index contributed by atoms with van der Waals surface area (Å²) in [5.41, 5.74) is 2.42. The van der Waals surface area contributed by atoms with Gasteiger partial charge in [0.15, 0.2) is 6.04 Å². The van der Waals surface area contributed by atoms with Crippen LogP contribution in [0.3, 0.4) is 0 Å². The largest absolute Gasteiger partial charge is 0.481 e. The molecule has 0 fully saturated rings. The standard InChI is InChI=1S/C18H18N4O4/c1-9-15(10(2)22-21-9)16(18(24)25)20-17(23)12-8-14(26-3)19-13-7-5-4-6-11(12)13/h4-8,16H,1-3H3,(H,20,23)(H,21,22)(H,24,25)/t16-/m1/s1. The van der Waals surface area contributed by atoms with Gasteiger partial charge in [-0.25, -0.2) is 9.78 Å². The first-order chi connectivity index (χ1) is 12.4. The van der Waals surface area contributed by atoms with Gasteiger partial charge in [0.2, 0.25) is 5.88 Å². The number of hydrogen-bond acceptors (Lipinski definition) is 5. The number of aromatic amines is 1. The second-order valence-corrected chi connectivity index (χ2v) is 5.82. The number of aryl methyl sites for hydroxylation is 2. The summed E-state index contributed by atoms with van der Waals surface area (Å²) >= 11 is 0. The zero-order valence-electron chi connectivity index (χ0n) is 14.5. The third kappa shape index (κ3) is 3.08. The smallest absolute Gasteiger partial charge is 0.331 e. The molecule has 0 aliphatic carbocycles. The number of benzene rings is 1. The second kappa shape index (κ2) is 6.83. The van der Waals surface area contributed by atoms with Gasteiger partial charge >= 0.3 is 5.97 Å². The molecule has 3 rings (SSSR count). The summed E-state index contributed by atoms with van der Waals surface area (Å²) in [7, 11) is 1.46. The van der Waals surface area contributed by atoms with Gasteiger partial charge in [-0.2, -0.15) is 5.10 Å². The van der Waals surface area contributed by atoms with Crippen LogP contribution in [0.5, 0.6) is 5.88 Å². The lowest BCUT2D eigenvalue weighted by molar-refractivity contribution is -0.139. The predicted octanol–water partition coefficient (Wildman–Crippen LogP) is 2.14. The number of carboxylic acids is 1. The maximum absolute atomic E-state index is 12.9.